The van der Waals surface area contributed by atoms with Crippen LogP contribution < -0.4 is 5.32 Å². The second kappa shape index (κ2) is 3.44. The predicted octanol–water partition coefficient (Wildman–Crippen LogP) is 3.10. The van der Waals surface area contributed by atoms with Crippen molar-refractivity contribution in [2.45, 2.75) is 46.1 Å². The number of fused-ring (bicyclic) bond motifs is 2. The van der Waals surface area contributed by atoms with Crippen molar-refractivity contribution in [2.24, 2.45) is 16.7 Å². The van der Waals surface area contributed by atoms with Crippen LogP contribution in [0, 0.1) is 16.7 Å². The van der Waals surface area contributed by atoms with E-state index in [1.54, 1.807) is 6.33 Å². The predicted molar refractivity (Wildman–Crippen MR) is 68.7 cm³/mol. The summed E-state index contributed by atoms with van der Waals surface area (Å²) in [5.74, 6) is 0.870. The summed E-state index contributed by atoms with van der Waals surface area (Å²) in [5.41, 5.74) is 1.93. The Balaban J connectivity index is 1.83. The van der Waals surface area contributed by atoms with E-state index < -0.39 is 0 Å². The molecule has 92 valence electrons. The summed E-state index contributed by atoms with van der Waals surface area (Å²) in [6, 6.07) is 0.572. The zero-order valence-electron chi connectivity index (χ0n) is 10.9. The molecule has 3 nitrogen and oxygen atoms in total. The van der Waals surface area contributed by atoms with Gasteiger partial charge in [-0.1, -0.05) is 20.8 Å². The summed E-state index contributed by atoms with van der Waals surface area (Å²) < 4.78 is 0. The molecule has 1 heterocycles. The van der Waals surface area contributed by atoms with Gasteiger partial charge >= 0.3 is 0 Å². The molecule has 1 aromatic heterocycles. The van der Waals surface area contributed by atoms with Crippen LogP contribution in [0.5, 0.6) is 0 Å². The van der Waals surface area contributed by atoms with Crippen molar-refractivity contribution in [1.82, 2.24) is 9.97 Å². The van der Waals surface area contributed by atoms with Gasteiger partial charge in [-0.3, -0.25) is 0 Å². The normalized spacial score (nSPS) is 38.3. The molecule has 3 heteroatoms. The Hall–Kier alpha value is -1.12. The third kappa shape index (κ3) is 1.41. The van der Waals surface area contributed by atoms with Gasteiger partial charge in [0.05, 0.1) is 18.1 Å². The average Bonchev–Trinajstić information content (AvgIpc) is 2.63. The molecule has 0 aliphatic heterocycles. The van der Waals surface area contributed by atoms with E-state index in [1.165, 1.54) is 19.3 Å². The smallest absolute Gasteiger partial charge is 0.115 e. The Labute approximate surface area is 103 Å². The molecule has 1 N–H and O–H groups in total. The van der Waals surface area contributed by atoms with E-state index in [1.807, 2.05) is 12.4 Å². The quantitative estimate of drug-likeness (QED) is 0.850. The van der Waals surface area contributed by atoms with E-state index in [0.717, 1.165) is 11.6 Å². The molecular formula is C14H21N3. The van der Waals surface area contributed by atoms with E-state index in [4.69, 9.17) is 0 Å². The zero-order chi connectivity index (χ0) is 12.1. The van der Waals surface area contributed by atoms with Crippen LogP contribution >= 0.6 is 0 Å². The first-order valence-corrected chi connectivity index (χ1v) is 6.55. The molecular weight excluding hydrogens is 210 g/mol. The van der Waals surface area contributed by atoms with Crippen molar-refractivity contribution < 1.29 is 0 Å². The maximum Gasteiger partial charge on any atom is 0.115 e. The Bertz CT molecular complexity index is 415. The third-order valence-electron chi connectivity index (χ3n) is 5.70. The van der Waals surface area contributed by atoms with Crippen molar-refractivity contribution in [1.29, 1.82) is 0 Å². The van der Waals surface area contributed by atoms with E-state index in [9.17, 15) is 0 Å². The second-order valence-electron chi connectivity index (χ2n) is 6.43. The van der Waals surface area contributed by atoms with Gasteiger partial charge in [0.2, 0.25) is 0 Å². The molecule has 3 atom stereocenters. The molecule has 0 radical (unpaired) electrons. The molecule has 2 aliphatic rings. The van der Waals surface area contributed by atoms with Gasteiger partial charge in [-0.2, -0.15) is 0 Å². The molecule has 3 rings (SSSR count). The maximum atomic E-state index is 4.07. The van der Waals surface area contributed by atoms with Crippen LogP contribution in [0.4, 0.5) is 5.69 Å². The fourth-order valence-corrected chi connectivity index (χ4v) is 4.00. The van der Waals surface area contributed by atoms with Crippen molar-refractivity contribution in [2.75, 3.05) is 5.32 Å². The molecule has 3 unspecified atom stereocenters. The van der Waals surface area contributed by atoms with E-state index in [2.05, 4.69) is 36.1 Å². The highest BCUT2D eigenvalue weighted by Gasteiger charge is 2.61. The highest BCUT2D eigenvalue weighted by Crippen LogP contribution is 2.65. The van der Waals surface area contributed by atoms with Crippen molar-refractivity contribution in [3.63, 3.8) is 0 Å². The standard InChI is InChI=1S/C14H21N3/c1-13(2)10-4-5-14(13,3)12(6-10)17-11-7-15-9-16-8-11/h7-10,12,17H,4-6H2,1-3H3. The van der Waals surface area contributed by atoms with E-state index in [-0.39, 0.29) is 0 Å². The lowest BCUT2D eigenvalue weighted by Gasteiger charge is -2.39. The van der Waals surface area contributed by atoms with Gasteiger partial charge in [-0.25, -0.2) is 9.97 Å². The number of aromatic nitrogens is 2. The van der Waals surface area contributed by atoms with Crippen molar-refractivity contribution in [3.05, 3.63) is 18.7 Å². The van der Waals surface area contributed by atoms with Crippen LogP contribution in [0.25, 0.3) is 0 Å². The molecule has 2 fully saturated rings. The lowest BCUT2D eigenvalue weighted by molar-refractivity contribution is 0.142. The van der Waals surface area contributed by atoms with Crippen LogP contribution in [0.1, 0.15) is 40.0 Å². The van der Waals surface area contributed by atoms with Gasteiger partial charge in [-0.15, -0.1) is 0 Å². The SMILES string of the molecule is CC1(C)C2CCC1(C)C(Nc1cncnc1)C2. The molecule has 0 spiro atoms. The summed E-state index contributed by atoms with van der Waals surface area (Å²) >= 11 is 0. The molecule has 2 saturated carbocycles. The van der Waals surface area contributed by atoms with Crippen LogP contribution in [0.15, 0.2) is 18.7 Å². The largest absolute Gasteiger partial charge is 0.379 e. The second-order valence-corrected chi connectivity index (χ2v) is 6.43. The molecule has 0 saturated heterocycles. The number of hydrogen-bond donors (Lipinski definition) is 1. The molecule has 17 heavy (non-hydrogen) atoms. The lowest BCUT2D eigenvalue weighted by Crippen LogP contribution is -2.40. The number of rotatable bonds is 2. The first kappa shape index (κ1) is 11.0. The third-order valence-corrected chi connectivity index (χ3v) is 5.70. The van der Waals surface area contributed by atoms with Crippen molar-refractivity contribution in [3.8, 4) is 0 Å². The highest BCUT2D eigenvalue weighted by molar-refractivity contribution is 5.40. The number of anilines is 1. The molecule has 1 aromatic rings. The lowest BCUT2D eigenvalue weighted by atomic mass is 9.69. The van der Waals surface area contributed by atoms with Gasteiger partial charge in [0, 0.05) is 6.04 Å². The minimum atomic E-state index is 0.410. The summed E-state index contributed by atoms with van der Waals surface area (Å²) in [6.45, 7) is 7.32. The van der Waals surface area contributed by atoms with Gasteiger partial charge in [0.25, 0.3) is 0 Å². The summed E-state index contributed by atoms with van der Waals surface area (Å²) in [5, 5.41) is 3.64. The molecule has 2 bridgehead atoms. The Morgan fingerprint density at radius 2 is 1.94 bits per heavy atom. The molecule has 0 amide bonds. The number of nitrogens with one attached hydrogen (secondary N) is 1. The minimum absolute atomic E-state index is 0.410. The monoisotopic (exact) mass is 231 g/mol. The molecule has 2 aliphatic carbocycles. The Kier molecular flexibility index (Phi) is 2.22. The van der Waals surface area contributed by atoms with Gasteiger partial charge < -0.3 is 5.32 Å². The van der Waals surface area contributed by atoms with Gasteiger partial charge in [0.15, 0.2) is 0 Å². The first-order chi connectivity index (χ1) is 8.04. The molecule has 0 aromatic carbocycles. The fourth-order valence-electron chi connectivity index (χ4n) is 4.00. The van der Waals surface area contributed by atoms with E-state index in [0.29, 0.717) is 16.9 Å². The average molecular weight is 231 g/mol. The summed E-state index contributed by atoms with van der Waals surface area (Å²) in [4.78, 5) is 8.15. The number of hydrogen-bond acceptors (Lipinski definition) is 3. The van der Waals surface area contributed by atoms with Gasteiger partial charge in [-0.05, 0) is 36.0 Å². The van der Waals surface area contributed by atoms with Crippen LogP contribution in [-0.2, 0) is 0 Å². The first-order valence-electron chi connectivity index (χ1n) is 6.55. The maximum absolute atomic E-state index is 4.07. The zero-order valence-corrected chi connectivity index (χ0v) is 10.9. The summed E-state index contributed by atoms with van der Waals surface area (Å²) in [6.07, 6.45) is 9.35. The minimum Gasteiger partial charge on any atom is -0.379 e. The van der Waals surface area contributed by atoms with Crippen molar-refractivity contribution >= 4 is 5.69 Å². The fraction of sp³-hybridized carbons (Fsp3) is 0.714. The Morgan fingerprint density at radius 1 is 1.24 bits per heavy atom. The topological polar surface area (TPSA) is 37.8 Å². The Morgan fingerprint density at radius 3 is 2.47 bits per heavy atom. The number of nitrogens with zero attached hydrogens (tertiary/aromatic N) is 2. The van der Waals surface area contributed by atoms with E-state index >= 15 is 0 Å². The van der Waals surface area contributed by atoms with Crippen LogP contribution in [-0.4, -0.2) is 16.0 Å². The van der Waals surface area contributed by atoms with Crippen LogP contribution in [0.3, 0.4) is 0 Å². The highest BCUT2D eigenvalue weighted by atomic mass is 15.0. The van der Waals surface area contributed by atoms with Gasteiger partial charge in [0.1, 0.15) is 6.33 Å². The van der Waals surface area contributed by atoms with Crippen LogP contribution in [0.2, 0.25) is 0 Å². The summed E-state index contributed by atoms with van der Waals surface area (Å²) in [7, 11) is 0.